The Morgan fingerprint density at radius 1 is 1.11 bits per heavy atom. The van der Waals surface area contributed by atoms with Crippen molar-refractivity contribution in [3.63, 3.8) is 0 Å². The number of benzene rings is 2. The first-order chi connectivity index (χ1) is 13.2. The molecule has 0 aliphatic heterocycles. The van der Waals surface area contributed by atoms with Crippen molar-refractivity contribution in [2.75, 3.05) is 13.3 Å². The minimum atomic E-state index is -3.50. The molecule has 0 saturated heterocycles. The topological polar surface area (TPSA) is 136 Å². The van der Waals surface area contributed by atoms with Gasteiger partial charge >= 0.3 is 7.60 Å². The quantitative estimate of drug-likeness (QED) is 0.316. The van der Waals surface area contributed by atoms with Crippen molar-refractivity contribution in [3.05, 3.63) is 46.6 Å². The number of aromatic hydroxyl groups is 3. The van der Waals surface area contributed by atoms with Crippen molar-refractivity contribution in [1.29, 1.82) is 0 Å². The second-order valence-electron chi connectivity index (χ2n) is 5.82. The van der Waals surface area contributed by atoms with E-state index in [0.29, 0.717) is 0 Å². The normalized spacial score (nSPS) is 13.4. The highest BCUT2D eigenvalue weighted by Crippen LogP contribution is 2.45. The maximum atomic E-state index is 12.4. The molecule has 148 valence electrons. The van der Waals surface area contributed by atoms with Gasteiger partial charge in [-0.05, 0) is 37.3 Å². The van der Waals surface area contributed by atoms with Crippen LogP contribution in [0.3, 0.4) is 0 Å². The molecule has 0 spiro atoms. The minimum absolute atomic E-state index is 0.0546. The summed E-state index contributed by atoms with van der Waals surface area (Å²) in [5.74, 6) is -1.58. The molecule has 3 rings (SSSR count). The number of phenols is 2. The molecule has 0 bridgehead atoms. The summed E-state index contributed by atoms with van der Waals surface area (Å²) < 4.78 is 27.2. The molecule has 1 heterocycles. The zero-order valence-electron chi connectivity index (χ0n) is 14.9. The maximum Gasteiger partial charge on any atom is 0.366 e. The molecule has 1 aromatic heterocycles. The first kappa shape index (κ1) is 19.8. The first-order valence-corrected chi connectivity index (χ1v) is 10.1. The predicted octanol–water partition coefficient (Wildman–Crippen LogP) is 3.75. The third kappa shape index (κ3) is 3.96. The van der Waals surface area contributed by atoms with E-state index in [-0.39, 0.29) is 46.1 Å². The monoisotopic (exact) mass is 408 g/mol. The van der Waals surface area contributed by atoms with Gasteiger partial charge in [0.15, 0.2) is 11.5 Å². The second kappa shape index (κ2) is 7.55. The van der Waals surface area contributed by atoms with Gasteiger partial charge in [-0.1, -0.05) is 4.67 Å². The van der Waals surface area contributed by atoms with Crippen molar-refractivity contribution in [3.8, 4) is 34.3 Å². The fraction of sp³-hybridized carbons (Fsp3) is 0.167. The molecule has 0 aliphatic rings. The van der Waals surface area contributed by atoms with Gasteiger partial charge in [0.05, 0.1) is 12.0 Å². The fourth-order valence-electron chi connectivity index (χ4n) is 2.45. The number of hydrogen-bond donors (Lipinski definition) is 3. The van der Waals surface area contributed by atoms with E-state index in [1.54, 1.807) is 6.92 Å². The van der Waals surface area contributed by atoms with Gasteiger partial charge in [0.25, 0.3) is 0 Å². The van der Waals surface area contributed by atoms with Crippen LogP contribution in [-0.4, -0.2) is 28.6 Å². The van der Waals surface area contributed by atoms with E-state index in [2.05, 4.69) is 0 Å². The lowest BCUT2D eigenvalue weighted by Crippen LogP contribution is -2.02. The maximum absolute atomic E-state index is 12.4. The Morgan fingerprint density at radius 3 is 2.57 bits per heavy atom. The average molecular weight is 408 g/mol. The van der Waals surface area contributed by atoms with Gasteiger partial charge < -0.3 is 29.1 Å². The SMILES string of the molecule is CCOP(C)(=O)OOc1cc(-c2oc3cc(O)ccc3c(=O)c2O)ccc1O. The molecule has 0 amide bonds. The molecule has 0 radical (unpaired) electrons. The van der Waals surface area contributed by atoms with Crippen molar-refractivity contribution in [2.45, 2.75) is 6.92 Å². The van der Waals surface area contributed by atoms with Crippen molar-refractivity contribution in [1.82, 2.24) is 0 Å². The summed E-state index contributed by atoms with van der Waals surface area (Å²) in [7, 11) is -3.50. The Labute approximate surface area is 158 Å². The average Bonchev–Trinajstić information content (AvgIpc) is 2.64. The molecule has 0 saturated carbocycles. The van der Waals surface area contributed by atoms with Crippen LogP contribution in [0.4, 0.5) is 0 Å². The summed E-state index contributed by atoms with van der Waals surface area (Å²) in [4.78, 5) is 17.3. The van der Waals surface area contributed by atoms with E-state index in [9.17, 15) is 24.7 Å². The number of fused-ring (bicyclic) bond motifs is 1. The lowest BCUT2D eigenvalue weighted by Gasteiger charge is -2.13. The van der Waals surface area contributed by atoms with Crippen LogP contribution in [0.5, 0.6) is 23.0 Å². The van der Waals surface area contributed by atoms with Crippen molar-refractivity contribution < 1.29 is 38.4 Å². The Morgan fingerprint density at radius 2 is 1.86 bits per heavy atom. The van der Waals surface area contributed by atoms with Gasteiger partial charge in [-0.2, -0.15) is 0 Å². The smallest absolute Gasteiger partial charge is 0.366 e. The molecule has 0 fully saturated rings. The van der Waals surface area contributed by atoms with Gasteiger partial charge in [-0.25, -0.2) is 0 Å². The summed E-state index contributed by atoms with van der Waals surface area (Å²) in [5, 5.41) is 29.8. The Hall–Kier alpha value is -3.00. The Kier molecular flexibility index (Phi) is 5.33. The zero-order valence-corrected chi connectivity index (χ0v) is 15.8. The molecular weight excluding hydrogens is 391 g/mol. The molecule has 9 nitrogen and oxygen atoms in total. The number of hydrogen-bond acceptors (Lipinski definition) is 9. The standard InChI is InChI=1S/C18H17O9P/c1-3-24-28(2,23)27-26-15-8-10(4-7-13(15)20)18-17(22)16(21)12-6-5-11(19)9-14(12)25-18/h4-9,19-20,22H,3H2,1-2H3. The highest BCUT2D eigenvalue weighted by molar-refractivity contribution is 7.52. The van der Waals surface area contributed by atoms with E-state index in [0.717, 1.165) is 0 Å². The summed E-state index contributed by atoms with van der Waals surface area (Å²) in [5.41, 5.74) is -0.477. The summed E-state index contributed by atoms with van der Waals surface area (Å²) >= 11 is 0. The molecular formula is C18H17O9P. The molecule has 10 heteroatoms. The molecule has 28 heavy (non-hydrogen) atoms. The minimum Gasteiger partial charge on any atom is -0.508 e. The van der Waals surface area contributed by atoms with E-state index in [1.807, 2.05) is 0 Å². The molecule has 1 unspecified atom stereocenters. The predicted molar refractivity (Wildman–Crippen MR) is 99.8 cm³/mol. The lowest BCUT2D eigenvalue weighted by molar-refractivity contribution is -0.112. The van der Waals surface area contributed by atoms with Gasteiger partial charge in [0, 0.05) is 18.3 Å². The van der Waals surface area contributed by atoms with Crippen molar-refractivity contribution in [2.24, 2.45) is 0 Å². The van der Waals surface area contributed by atoms with Crippen LogP contribution < -0.4 is 10.3 Å². The van der Waals surface area contributed by atoms with Crippen LogP contribution >= 0.6 is 7.60 Å². The van der Waals surface area contributed by atoms with Crippen LogP contribution in [0.15, 0.2) is 45.6 Å². The summed E-state index contributed by atoms with van der Waals surface area (Å²) in [6.07, 6.45) is 0. The van der Waals surface area contributed by atoms with Gasteiger partial charge in [-0.15, -0.1) is 0 Å². The van der Waals surface area contributed by atoms with Crippen molar-refractivity contribution >= 4 is 18.6 Å². The van der Waals surface area contributed by atoms with E-state index < -0.39 is 18.8 Å². The van der Waals surface area contributed by atoms with Crippen LogP contribution in [-0.2, 0) is 13.8 Å². The van der Waals surface area contributed by atoms with E-state index >= 15 is 0 Å². The van der Waals surface area contributed by atoms with Crippen LogP contribution in [0.25, 0.3) is 22.3 Å². The third-order valence-electron chi connectivity index (χ3n) is 3.70. The fourth-order valence-corrected chi connectivity index (χ4v) is 3.18. The second-order valence-corrected chi connectivity index (χ2v) is 7.77. The first-order valence-electron chi connectivity index (χ1n) is 8.12. The highest BCUT2D eigenvalue weighted by Gasteiger charge is 2.21. The third-order valence-corrected chi connectivity index (χ3v) is 4.77. The zero-order chi connectivity index (χ0) is 20.5. The number of phenolic OH excluding ortho intramolecular Hbond substituents is 2. The summed E-state index contributed by atoms with van der Waals surface area (Å²) in [6.45, 7) is 2.95. The van der Waals surface area contributed by atoms with Gasteiger partial charge in [0.1, 0.15) is 11.3 Å². The Bertz CT molecular complexity index is 1140. The highest BCUT2D eigenvalue weighted by atomic mass is 31.2. The number of rotatable bonds is 6. The van der Waals surface area contributed by atoms with E-state index in [4.69, 9.17) is 18.5 Å². The molecule has 0 aliphatic carbocycles. The van der Waals surface area contributed by atoms with E-state index in [1.165, 1.54) is 43.1 Å². The summed E-state index contributed by atoms with van der Waals surface area (Å²) in [6, 6.07) is 7.64. The largest absolute Gasteiger partial charge is 0.508 e. The molecule has 3 aromatic rings. The Balaban J connectivity index is 2.04. The molecule has 2 aromatic carbocycles. The lowest BCUT2D eigenvalue weighted by atomic mass is 10.1. The van der Waals surface area contributed by atoms with Gasteiger partial charge in [-0.3, -0.25) is 9.36 Å². The van der Waals surface area contributed by atoms with Crippen LogP contribution in [0, 0.1) is 0 Å². The van der Waals surface area contributed by atoms with Crippen LogP contribution in [0.2, 0.25) is 0 Å². The van der Waals surface area contributed by atoms with Crippen LogP contribution in [0.1, 0.15) is 6.92 Å². The van der Waals surface area contributed by atoms with Gasteiger partial charge in [0.2, 0.25) is 16.9 Å². The molecule has 3 N–H and O–H groups in total. The molecule has 1 atom stereocenters.